The summed E-state index contributed by atoms with van der Waals surface area (Å²) in [5, 5.41) is 9.92. The van der Waals surface area contributed by atoms with Crippen LogP contribution >= 0.6 is 0 Å². The molecule has 7 rings (SSSR count). The highest BCUT2D eigenvalue weighted by Crippen LogP contribution is 2.58. The first-order valence-electron chi connectivity index (χ1n) is 14.2. The number of oxazole rings is 2. The van der Waals surface area contributed by atoms with E-state index in [0.717, 1.165) is 56.4 Å². The molecule has 0 spiro atoms. The van der Waals surface area contributed by atoms with Gasteiger partial charge in [-0.1, -0.05) is 6.07 Å². The lowest BCUT2D eigenvalue weighted by molar-refractivity contribution is -0.298. The van der Waals surface area contributed by atoms with E-state index in [-0.39, 0.29) is 29.0 Å². The van der Waals surface area contributed by atoms with Gasteiger partial charge in [0, 0.05) is 29.6 Å². The molecule has 1 N–H and O–H groups in total. The van der Waals surface area contributed by atoms with Crippen molar-refractivity contribution in [3.8, 4) is 11.5 Å². The van der Waals surface area contributed by atoms with Gasteiger partial charge in [-0.3, -0.25) is 4.79 Å². The highest BCUT2D eigenvalue weighted by Gasteiger charge is 2.61. The molecule has 1 amide bonds. The number of alkyl halides is 5. The standard InChI is InChI=1S/C30H32F5N3O4/c1-18-15-36-26(42-18)28-8-5-27(6-9-28,7-10-28)17-38(23(39)11-19-13-29(40,14-19)30(33,34)35)21-4-2-3-20(12-21)25-37-22(16-41-25)24(31)32/h2-4,12,15-16,19,24,40H,5-11,13-14,17H2,1H3. The minimum atomic E-state index is -4.75. The average molecular weight is 594 g/mol. The van der Waals surface area contributed by atoms with E-state index < -0.39 is 42.7 Å². The van der Waals surface area contributed by atoms with Crippen LogP contribution in [0.1, 0.15) is 81.6 Å². The topological polar surface area (TPSA) is 92.6 Å². The van der Waals surface area contributed by atoms with Crippen molar-refractivity contribution in [1.29, 1.82) is 0 Å². The molecule has 4 saturated carbocycles. The zero-order chi connectivity index (χ0) is 29.9. The fourth-order valence-corrected chi connectivity index (χ4v) is 7.03. The van der Waals surface area contributed by atoms with Gasteiger partial charge in [-0.25, -0.2) is 18.7 Å². The van der Waals surface area contributed by atoms with Crippen LogP contribution < -0.4 is 4.90 Å². The van der Waals surface area contributed by atoms with Crippen molar-refractivity contribution in [3.05, 3.63) is 54.1 Å². The van der Waals surface area contributed by atoms with Crippen molar-refractivity contribution in [3.63, 3.8) is 0 Å². The summed E-state index contributed by atoms with van der Waals surface area (Å²) in [6.07, 6.45) is -1.09. The maximum atomic E-state index is 13.8. The lowest BCUT2D eigenvalue weighted by atomic mass is 9.53. The van der Waals surface area contributed by atoms with Gasteiger partial charge in [0.05, 0.1) is 6.20 Å². The second-order valence-electron chi connectivity index (χ2n) is 12.5. The molecule has 0 atom stereocenters. The number of aryl methyl sites for hydroxylation is 1. The quantitative estimate of drug-likeness (QED) is 0.276. The van der Waals surface area contributed by atoms with Gasteiger partial charge in [-0.2, -0.15) is 13.2 Å². The zero-order valence-electron chi connectivity index (χ0n) is 23.1. The second-order valence-corrected chi connectivity index (χ2v) is 12.5. The van der Waals surface area contributed by atoms with Crippen molar-refractivity contribution in [2.75, 3.05) is 11.4 Å². The van der Waals surface area contributed by atoms with Crippen LogP contribution in [0.4, 0.5) is 27.6 Å². The Bertz CT molecular complexity index is 1430. The molecular weight excluding hydrogens is 561 g/mol. The van der Waals surface area contributed by atoms with Crippen LogP contribution in [0, 0.1) is 18.3 Å². The van der Waals surface area contributed by atoms with E-state index in [0.29, 0.717) is 17.8 Å². The molecule has 2 aromatic heterocycles. The molecular formula is C30H32F5N3O4. The van der Waals surface area contributed by atoms with Crippen molar-refractivity contribution in [2.45, 2.75) is 88.3 Å². The number of nitrogens with zero attached hydrogens (tertiary/aromatic N) is 3. The van der Waals surface area contributed by atoms with Crippen molar-refractivity contribution in [2.24, 2.45) is 11.3 Å². The second kappa shape index (κ2) is 10.2. The smallest absolute Gasteiger partial charge is 0.417 e. The Balaban J connectivity index is 1.25. The number of amides is 1. The van der Waals surface area contributed by atoms with Gasteiger partial charge in [-0.05, 0) is 87.8 Å². The van der Waals surface area contributed by atoms with E-state index >= 15 is 0 Å². The summed E-state index contributed by atoms with van der Waals surface area (Å²) in [7, 11) is 0. The number of anilines is 1. The monoisotopic (exact) mass is 593 g/mol. The fraction of sp³-hybridized carbons (Fsp3) is 0.567. The molecule has 226 valence electrons. The number of fused-ring (bicyclic) bond motifs is 3. The predicted octanol–water partition coefficient (Wildman–Crippen LogP) is 7.29. The Morgan fingerprint density at radius 3 is 2.40 bits per heavy atom. The van der Waals surface area contributed by atoms with E-state index in [2.05, 4.69) is 9.97 Å². The Morgan fingerprint density at radius 2 is 1.83 bits per heavy atom. The average Bonchev–Trinajstić information content (AvgIpc) is 3.62. The molecule has 0 saturated heterocycles. The first kappa shape index (κ1) is 28.8. The number of hydrogen-bond acceptors (Lipinski definition) is 6. The molecule has 0 radical (unpaired) electrons. The summed E-state index contributed by atoms with van der Waals surface area (Å²) >= 11 is 0. The van der Waals surface area contributed by atoms with Crippen molar-refractivity contribution >= 4 is 11.6 Å². The third-order valence-electron chi connectivity index (χ3n) is 9.67. The minimum absolute atomic E-state index is 0.0201. The van der Waals surface area contributed by atoms with E-state index in [1.807, 2.05) is 6.92 Å². The summed E-state index contributed by atoms with van der Waals surface area (Å²) < 4.78 is 77.0. The summed E-state index contributed by atoms with van der Waals surface area (Å²) in [5.41, 5.74) is -2.71. The molecule has 3 aromatic rings. The molecule has 0 aliphatic heterocycles. The molecule has 4 fully saturated rings. The molecule has 1 aromatic carbocycles. The highest BCUT2D eigenvalue weighted by atomic mass is 19.4. The van der Waals surface area contributed by atoms with E-state index in [1.54, 1.807) is 35.4 Å². The maximum Gasteiger partial charge on any atom is 0.417 e. The van der Waals surface area contributed by atoms with Crippen LogP contribution in [0.5, 0.6) is 0 Å². The number of hydrogen-bond donors (Lipinski definition) is 1. The number of benzene rings is 1. The van der Waals surface area contributed by atoms with Gasteiger partial charge < -0.3 is 18.8 Å². The van der Waals surface area contributed by atoms with Crippen LogP contribution in [-0.4, -0.2) is 39.3 Å². The molecule has 4 aliphatic carbocycles. The Kier molecular flexibility index (Phi) is 6.98. The van der Waals surface area contributed by atoms with Crippen LogP contribution in [0.2, 0.25) is 0 Å². The summed E-state index contributed by atoms with van der Waals surface area (Å²) in [6, 6.07) is 6.65. The van der Waals surface area contributed by atoms with Crippen molar-refractivity contribution < 1.29 is 40.7 Å². The van der Waals surface area contributed by atoms with Crippen LogP contribution in [0.15, 0.2) is 45.6 Å². The normalized spacial score (nSPS) is 29.1. The summed E-state index contributed by atoms with van der Waals surface area (Å²) in [5.74, 6) is 0.547. The Morgan fingerprint density at radius 1 is 1.14 bits per heavy atom. The van der Waals surface area contributed by atoms with Gasteiger partial charge in [0.15, 0.2) is 5.60 Å². The number of halogens is 5. The van der Waals surface area contributed by atoms with Crippen LogP contribution in [-0.2, 0) is 10.2 Å². The van der Waals surface area contributed by atoms with Gasteiger partial charge in [0.1, 0.15) is 17.7 Å². The number of carbonyl (C=O) groups excluding carboxylic acids is 1. The van der Waals surface area contributed by atoms with Gasteiger partial charge in [-0.15, -0.1) is 0 Å². The first-order chi connectivity index (χ1) is 19.8. The number of aromatic nitrogens is 2. The van der Waals surface area contributed by atoms with Crippen LogP contribution in [0.3, 0.4) is 0 Å². The number of rotatable bonds is 8. The third-order valence-corrected chi connectivity index (χ3v) is 9.67. The lowest BCUT2D eigenvalue weighted by Gasteiger charge is -2.53. The maximum absolute atomic E-state index is 13.8. The molecule has 12 heteroatoms. The summed E-state index contributed by atoms with van der Waals surface area (Å²) in [6.45, 7) is 2.23. The molecule has 2 bridgehead atoms. The zero-order valence-corrected chi connectivity index (χ0v) is 23.1. The summed E-state index contributed by atoms with van der Waals surface area (Å²) in [4.78, 5) is 23.7. The molecule has 0 unspecified atom stereocenters. The number of carbonyl (C=O) groups is 1. The largest absolute Gasteiger partial charge is 0.445 e. The highest BCUT2D eigenvalue weighted by molar-refractivity contribution is 5.94. The predicted molar refractivity (Wildman–Crippen MR) is 141 cm³/mol. The Hall–Kier alpha value is -3.28. The molecule has 4 aliphatic rings. The van der Waals surface area contributed by atoms with Gasteiger partial charge in [0.25, 0.3) is 6.43 Å². The minimum Gasteiger partial charge on any atom is -0.445 e. The van der Waals surface area contributed by atoms with E-state index in [9.17, 15) is 31.9 Å². The SMILES string of the molecule is Cc1cnc(C23CCC(CN(C(=O)CC4CC(O)(C(F)(F)F)C4)c4cccc(-c5nc(C(F)F)co5)c4)(CC2)CC3)o1. The third kappa shape index (κ3) is 5.11. The first-order valence-corrected chi connectivity index (χ1v) is 14.2. The van der Waals surface area contributed by atoms with E-state index in [1.165, 1.54) is 0 Å². The molecule has 42 heavy (non-hydrogen) atoms. The molecule has 7 nitrogen and oxygen atoms in total. The molecule has 2 heterocycles. The van der Waals surface area contributed by atoms with E-state index in [4.69, 9.17) is 8.83 Å². The van der Waals surface area contributed by atoms with Gasteiger partial charge >= 0.3 is 6.18 Å². The fourth-order valence-electron chi connectivity index (χ4n) is 7.03. The lowest BCUT2D eigenvalue weighted by Crippen LogP contribution is -2.56. The van der Waals surface area contributed by atoms with Crippen LogP contribution in [0.25, 0.3) is 11.5 Å². The number of aliphatic hydroxyl groups is 1. The van der Waals surface area contributed by atoms with Crippen molar-refractivity contribution in [1.82, 2.24) is 9.97 Å². The Labute approximate surface area is 239 Å². The van der Waals surface area contributed by atoms with Gasteiger partial charge in [0.2, 0.25) is 17.7 Å².